The monoisotopic (exact) mass is 356 g/mol. The minimum atomic E-state index is -2.83. The topological polar surface area (TPSA) is 74.7 Å². The maximum Gasteiger partial charge on any atom is 0.194 e. The van der Waals surface area contributed by atoms with Crippen molar-refractivity contribution in [1.82, 2.24) is 15.2 Å². The fourth-order valence-electron chi connectivity index (χ4n) is 3.04. The molecule has 0 spiro atoms. The highest BCUT2D eigenvalue weighted by molar-refractivity contribution is 7.91. The van der Waals surface area contributed by atoms with Gasteiger partial charge in [-0.2, -0.15) is 0 Å². The van der Waals surface area contributed by atoms with E-state index in [1.54, 1.807) is 11.3 Å². The Morgan fingerprint density at radius 2 is 2.43 bits per heavy atom. The summed E-state index contributed by atoms with van der Waals surface area (Å²) in [6.07, 6.45) is 2.73. The molecule has 2 aliphatic heterocycles. The van der Waals surface area contributed by atoms with Gasteiger partial charge in [-0.1, -0.05) is 6.92 Å². The van der Waals surface area contributed by atoms with Crippen molar-refractivity contribution < 1.29 is 8.42 Å². The Morgan fingerprint density at radius 3 is 3.17 bits per heavy atom. The van der Waals surface area contributed by atoms with Crippen molar-refractivity contribution in [3.63, 3.8) is 0 Å². The van der Waals surface area contributed by atoms with E-state index in [0.717, 1.165) is 44.9 Å². The van der Waals surface area contributed by atoms with Crippen LogP contribution < -0.4 is 5.32 Å². The smallest absolute Gasteiger partial charge is 0.194 e. The molecule has 1 aromatic heterocycles. The number of hydrogen-bond acceptors (Lipinski definition) is 5. The van der Waals surface area contributed by atoms with Gasteiger partial charge in [0, 0.05) is 30.9 Å². The minimum Gasteiger partial charge on any atom is -0.356 e. The van der Waals surface area contributed by atoms with Crippen LogP contribution in [-0.4, -0.2) is 55.4 Å². The fraction of sp³-hybridized carbons (Fsp3) is 0.733. The van der Waals surface area contributed by atoms with E-state index in [1.807, 2.05) is 5.51 Å². The van der Waals surface area contributed by atoms with Crippen LogP contribution >= 0.6 is 11.3 Å². The Labute approximate surface area is 141 Å². The van der Waals surface area contributed by atoms with Crippen molar-refractivity contribution in [3.05, 3.63) is 16.1 Å². The van der Waals surface area contributed by atoms with E-state index < -0.39 is 9.84 Å². The summed E-state index contributed by atoms with van der Waals surface area (Å²) in [5.41, 5.74) is 3.12. The van der Waals surface area contributed by atoms with Crippen LogP contribution in [0.3, 0.4) is 0 Å². The number of sulfone groups is 1. The molecule has 3 heterocycles. The largest absolute Gasteiger partial charge is 0.356 e. The van der Waals surface area contributed by atoms with Crippen LogP contribution in [0.25, 0.3) is 0 Å². The molecule has 1 fully saturated rings. The summed E-state index contributed by atoms with van der Waals surface area (Å²) in [6, 6.07) is 0. The van der Waals surface area contributed by atoms with Gasteiger partial charge in [0.25, 0.3) is 0 Å². The van der Waals surface area contributed by atoms with Gasteiger partial charge >= 0.3 is 0 Å². The lowest BCUT2D eigenvalue weighted by Gasteiger charge is -2.30. The summed E-state index contributed by atoms with van der Waals surface area (Å²) in [5.74, 6) is 1.69. The molecule has 3 rings (SSSR count). The van der Waals surface area contributed by atoms with Crippen LogP contribution in [0.5, 0.6) is 0 Å². The zero-order chi connectivity index (χ0) is 16.3. The maximum atomic E-state index is 11.6. The van der Waals surface area contributed by atoms with Crippen LogP contribution in [-0.2, 0) is 22.8 Å². The van der Waals surface area contributed by atoms with E-state index in [4.69, 9.17) is 4.99 Å². The van der Waals surface area contributed by atoms with Gasteiger partial charge in [-0.15, -0.1) is 11.3 Å². The molecule has 128 valence electrons. The molecule has 2 aliphatic rings. The molecule has 1 unspecified atom stereocenters. The van der Waals surface area contributed by atoms with Gasteiger partial charge in [-0.25, -0.2) is 13.4 Å². The second kappa shape index (κ2) is 7.17. The lowest BCUT2D eigenvalue weighted by molar-refractivity contribution is 0.378. The van der Waals surface area contributed by atoms with Crippen molar-refractivity contribution in [2.45, 2.75) is 32.7 Å². The second-order valence-electron chi connectivity index (χ2n) is 6.25. The molecule has 0 bridgehead atoms. The Hall–Kier alpha value is -1.15. The van der Waals surface area contributed by atoms with Crippen molar-refractivity contribution in [3.8, 4) is 0 Å². The Balaban J connectivity index is 1.67. The fourth-order valence-corrected chi connectivity index (χ4v) is 5.71. The number of nitrogens with zero attached hydrogens (tertiary/aromatic N) is 3. The average Bonchev–Trinajstić information content (AvgIpc) is 3.12. The summed E-state index contributed by atoms with van der Waals surface area (Å²) >= 11 is 1.70. The van der Waals surface area contributed by atoms with Crippen LogP contribution in [0, 0.1) is 5.92 Å². The molecule has 0 amide bonds. The lowest BCUT2D eigenvalue weighted by Crippen LogP contribution is -2.44. The van der Waals surface area contributed by atoms with Crippen LogP contribution in [0.1, 0.15) is 30.3 Å². The molecular weight excluding hydrogens is 332 g/mol. The predicted octanol–water partition coefficient (Wildman–Crippen LogP) is 1.29. The molecule has 8 heteroatoms. The summed E-state index contributed by atoms with van der Waals surface area (Å²) in [5, 5.41) is 3.42. The first-order valence-corrected chi connectivity index (χ1v) is 10.9. The number of aromatic nitrogens is 1. The average molecular weight is 357 g/mol. The zero-order valence-electron chi connectivity index (χ0n) is 13.5. The summed E-state index contributed by atoms with van der Waals surface area (Å²) in [6.45, 7) is 5.37. The van der Waals surface area contributed by atoms with Crippen molar-refractivity contribution in [1.29, 1.82) is 0 Å². The number of fused-ring (bicyclic) bond motifs is 1. The summed E-state index contributed by atoms with van der Waals surface area (Å²) in [7, 11) is -2.83. The second-order valence-corrected chi connectivity index (χ2v) is 9.42. The number of nitrogens with one attached hydrogen (secondary N) is 1. The molecule has 0 saturated carbocycles. The SMILES string of the molecule is CCCNC(=NCC1CCS(=O)(=O)C1)N1CCc2ncsc2C1. The highest BCUT2D eigenvalue weighted by Gasteiger charge is 2.28. The lowest BCUT2D eigenvalue weighted by atomic mass is 10.1. The Bertz CT molecular complexity index is 669. The van der Waals surface area contributed by atoms with Gasteiger partial charge < -0.3 is 10.2 Å². The molecule has 1 atom stereocenters. The standard InChI is InChI=1S/C15H24N4O2S2/c1-2-5-16-15(17-8-12-4-7-23(20,21)10-12)19-6-3-13-14(9-19)22-11-18-13/h11-12H,2-10H2,1H3,(H,16,17). The zero-order valence-corrected chi connectivity index (χ0v) is 15.1. The third kappa shape index (κ3) is 4.23. The quantitative estimate of drug-likeness (QED) is 0.650. The highest BCUT2D eigenvalue weighted by atomic mass is 32.2. The predicted molar refractivity (Wildman–Crippen MR) is 93.6 cm³/mol. The molecule has 0 aromatic carbocycles. The number of guanidine groups is 1. The first-order chi connectivity index (χ1) is 11.1. The Morgan fingerprint density at radius 1 is 1.57 bits per heavy atom. The normalized spacial score (nSPS) is 23.8. The van der Waals surface area contributed by atoms with Gasteiger partial charge in [0.15, 0.2) is 15.8 Å². The molecule has 1 saturated heterocycles. The first-order valence-electron chi connectivity index (χ1n) is 8.22. The van der Waals surface area contributed by atoms with E-state index >= 15 is 0 Å². The van der Waals surface area contributed by atoms with E-state index in [-0.39, 0.29) is 11.7 Å². The maximum absolute atomic E-state index is 11.6. The van der Waals surface area contributed by atoms with Crippen molar-refractivity contribution in [2.75, 3.05) is 31.1 Å². The van der Waals surface area contributed by atoms with Gasteiger partial charge in [0.2, 0.25) is 0 Å². The van der Waals surface area contributed by atoms with Crippen LogP contribution in [0.2, 0.25) is 0 Å². The molecule has 1 aromatic rings. The third-order valence-corrected chi connectivity index (χ3v) is 7.03. The molecule has 0 radical (unpaired) electrons. The van der Waals surface area contributed by atoms with Gasteiger partial charge in [-0.3, -0.25) is 4.99 Å². The molecule has 23 heavy (non-hydrogen) atoms. The van der Waals surface area contributed by atoms with Gasteiger partial charge in [0.1, 0.15) is 0 Å². The van der Waals surface area contributed by atoms with E-state index in [2.05, 4.69) is 22.1 Å². The van der Waals surface area contributed by atoms with Gasteiger partial charge in [-0.05, 0) is 18.8 Å². The molecule has 6 nitrogen and oxygen atoms in total. The Kier molecular flexibility index (Phi) is 5.21. The molecule has 1 N–H and O–H groups in total. The summed E-state index contributed by atoms with van der Waals surface area (Å²) in [4.78, 5) is 12.7. The van der Waals surface area contributed by atoms with Crippen LogP contribution in [0.15, 0.2) is 10.5 Å². The third-order valence-electron chi connectivity index (χ3n) is 4.34. The van der Waals surface area contributed by atoms with E-state index in [1.165, 1.54) is 10.6 Å². The van der Waals surface area contributed by atoms with Gasteiger partial charge in [0.05, 0.1) is 29.3 Å². The van der Waals surface area contributed by atoms with E-state index in [9.17, 15) is 8.42 Å². The molecular formula is C15H24N4O2S2. The minimum absolute atomic E-state index is 0.169. The van der Waals surface area contributed by atoms with E-state index in [0.29, 0.717) is 12.3 Å². The molecule has 0 aliphatic carbocycles. The van der Waals surface area contributed by atoms with Crippen molar-refractivity contribution >= 4 is 27.1 Å². The summed E-state index contributed by atoms with van der Waals surface area (Å²) < 4.78 is 23.2. The number of rotatable bonds is 4. The highest BCUT2D eigenvalue weighted by Crippen LogP contribution is 2.22. The first kappa shape index (κ1) is 16.7. The number of aliphatic imine (C=N–C) groups is 1. The van der Waals surface area contributed by atoms with Crippen LogP contribution in [0.4, 0.5) is 0 Å². The van der Waals surface area contributed by atoms with Crippen molar-refractivity contribution in [2.24, 2.45) is 10.9 Å². The number of hydrogen-bond donors (Lipinski definition) is 1. The number of thiazole rings is 1.